The van der Waals surface area contributed by atoms with Gasteiger partial charge in [0.25, 0.3) is 0 Å². The van der Waals surface area contributed by atoms with Gasteiger partial charge in [-0.2, -0.15) is 5.26 Å². The van der Waals surface area contributed by atoms with Gasteiger partial charge in [0.05, 0.1) is 6.07 Å². The molecule has 0 radical (unpaired) electrons. The van der Waals surface area contributed by atoms with Crippen molar-refractivity contribution in [2.45, 2.75) is 51.4 Å². The van der Waals surface area contributed by atoms with Crippen LogP contribution in [-0.2, 0) is 6.42 Å². The van der Waals surface area contributed by atoms with E-state index in [4.69, 9.17) is 5.26 Å². The van der Waals surface area contributed by atoms with Crippen LogP contribution in [0.2, 0.25) is 0 Å². The summed E-state index contributed by atoms with van der Waals surface area (Å²) in [7, 11) is 0. The molecule has 1 saturated carbocycles. The van der Waals surface area contributed by atoms with Crippen LogP contribution in [0, 0.1) is 29.0 Å². The van der Waals surface area contributed by atoms with Gasteiger partial charge >= 0.3 is 0 Å². The molecule has 0 unspecified atom stereocenters. The molecule has 2 rings (SSSR count). The maximum atomic E-state index is 12.9. The van der Waals surface area contributed by atoms with E-state index in [1.165, 1.54) is 44.1 Å². The van der Waals surface area contributed by atoms with E-state index in [1.807, 2.05) is 24.3 Å². The normalized spacial score (nSPS) is 22.3. The van der Waals surface area contributed by atoms with Crippen molar-refractivity contribution in [3.63, 3.8) is 0 Å². The average Bonchev–Trinajstić information content (AvgIpc) is 2.52. The van der Waals surface area contributed by atoms with Gasteiger partial charge in [-0.05, 0) is 55.2 Å². The van der Waals surface area contributed by atoms with Crippen LogP contribution >= 0.6 is 0 Å². The van der Waals surface area contributed by atoms with Gasteiger partial charge in [0.2, 0.25) is 0 Å². The number of nitrogens with zero attached hydrogens (tertiary/aromatic N) is 1. The minimum Gasteiger partial charge on any atom is -0.207 e. The summed E-state index contributed by atoms with van der Waals surface area (Å²) < 4.78 is 12.9. The number of halogens is 1. The fourth-order valence-electron chi connectivity index (χ4n) is 3.30. The molecule has 2 heteroatoms. The Morgan fingerprint density at radius 2 is 1.67 bits per heavy atom. The average molecular weight is 285 g/mol. The van der Waals surface area contributed by atoms with Crippen molar-refractivity contribution in [3.8, 4) is 6.07 Å². The second-order valence-corrected chi connectivity index (χ2v) is 6.16. The maximum Gasteiger partial charge on any atom is 0.123 e. The Morgan fingerprint density at radius 3 is 2.29 bits per heavy atom. The van der Waals surface area contributed by atoms with Crippen LogP contribution in [0.15, 0.2) is 36.4 Å². The molecule has 1 fully saturated rings. The Hall–Kier alpha value is -1.62. The Labute approximate surface area is 127 Å². The lowest BCUT2D eigenvalue weighted by Crippen LogP contribution is -2.15. The topological polar surface area (TPSA) is 23.8 Å². The third-order valence-electron chi connectivity index (χ3n) is 4.65. The molecule has 0 spiro atoms. The number of hydrogen-bond donors (Lipinski definition) is 0. The quantitative estimate of drug-likeness (QED) is 0.640. The molecule has 1 nitrogen and oxygen atoms in total. The molecule has 1 aromatic rings. The van der Waals surface area contributed by atoms with E-state index in [9.17, 15) is 4.39 Å². The number of hydrogen-bond acceptors (Lipinski definition) is 1. The maximum absolute atomic E-state index is 12.9. The van der Waals surface area contributed by atoms with Crippen LogP contribution in [0.4, 0.5) is 4.39 Å². The summed E-state index contributed by atoms with van der Waals surface area (Å²) in [6.45, 7) is 0. The lowest BCUT2D eigenvalue weighted by Gasteiger charge is -2.28. The number of allylic oxidation sites excluding steroid dienone is 2. The van der Waals surface area contributed by atoms with Crippen LogP contribution in [0.3, 0.4) is 0 Å². The van der Waals surface area contributed by atoms with Crippen LogP contribution in [0.25, 0.3) is 0 Å². The van der Waals surface area contributed by atoms with Gasteiger partial charge in [-0.1, -0.05) is 43.9 Å². The second-order valence-electron chi connectivity index (χ2n) is 6.16. The summed E-state index contributed by atoms with van der Waals surface area (Å²) in [5.41, 5.74) is 1.25. The van der Waals surface area contributed by atoms with E-state index < -0.39 is 0 Å². The largest absolute Gasteiger partial charge is 0.207 e. The van der Waals surface area contributed by atoms with Gasteiger partial charge in [0.15, 0.2) is 0 Å². The summed E-state index contributed by atoms with van der Waals surface area (Å²) in [5.74, 6) is 1.53. The van der Waals surface area contributed by atoms with Gasteiger partial charge in [0.1, 0.15) is 5.82 Å². The van der Waals surface area contributed by atoms with Crippen molar-refractivity contribution in [2.24, 2.45) is 11.8 Å². The number of rotatable bonds is 6. The standard InChI is InChI=1S/C19H24FN/c20-19-13-11-18(12-14-19)10-9-17-7-5-16(6-8-17)4-2-1-3-15-21/h1,3,11-14,16-17H,2,4-10H2/t16-,17-. The summed E-state index contributed by atoms with van der Waals surface area (Å²) in [5, 5.41) is 8.45. The van der Waals surface area contributed by atoms with Crippen LogP contribution in [0.5, 0.6) is 0 Å². The van der Waals surface area contributed by atoms with E-state index in [1.54, 1.807) is 18.2 Å². The Kier molecular flexibility index (Phi) is 6.47. The van der Waals surface area contributed by atoms with E-state index >= 15 is 0 Å². The first kappa shape index (κ1) is 15.8. The molecule has 0 aromatic heterocycles. The van der Waals surface area contributed by atoms with Gasteiger partial charge in [-0.3, -0.25) is 0 Å². The van der Waals surface area contributed by atoms with E-state index in [2.05, 4.69) is 0 Å². The summed E-state index contributed by atoms with van der Waals surface area (Å²) in [4.78, 5) is 0. The van der Waals surface area contributed by atoms with E-state index in [-0.39, 0.29) is 5.82 Å². The first-order valence-electron chi connectivity index (χ1n) is 8.07. The minimum atomic E-state index is -0.148. The molecule has 0 aliphatic heterocycles. The molecule has 1 aromatic carbocycles. The van der Waals surface area contributed by atoms with Crippen molar-refractivity contribution in [2.75, 3.05) is 0 Å². The zero-order valence-corrected chi connectivity index (χ0v) is 12.6. The molecular weight excluding hydrogens is 261 g/mol. The summed E-state index contributed by atoms with van der Waals surface area (Å²) in [6, 6.07) is 8.97. The first-order chi connectivity index (χ1) is 10.3. The molecule has 0 saturated heterocycles. The Balaban J connectivity index is 1.64. The van der Waals surface area contributed by atoms with Gasteiger partial charge < -0.3 is 0 Å². The molecule has 0 N–H and O–H groups in total. The highest BCUT2D eigenvalue weighted by Gasteiger charge is 2.20. The molecule has 0 amide bonds. The number of nitriles is 1. The van der Waals surface area contributed by atoms with Crippen molar-refractivity contribution in [3.05, 3.63) is 47.8 Å². The van der Waals surface area contributed by atoms with Crippen LogP contribution in [0.1, 0.15) is 50.5 Å². The SMILES string of the molecule is N#CC=CCC[C@H]1CC[C@H](CCc2ccc(F)cc2)CC1. The smallest absolute Gasteiger partial charge is 0.123 e. The van der Waals surface area contributed by atoms with Crippen molar-refractivity contribution >= 4 is 0 Å². The number of aryl methyl sites for hydroxylation is 1. The highest BCUT2D eigenvalue weighted by Crippen LogP contribution is 2.33. The van der Waals surface area contributed by atoms with Crippen LogP contribution in [-0.4, -0.2) is 0 Å². The Morgan fingerprint density at radius 1 is 1.05 bits per heavy atom. The monoisotopic (exact) mass is 285 g/mol. The summed E-state index contributed by atoms with van der Waals surface area (Å²) >= 11 is 0. The molecule has 0 heterocycles. The highest BCUT2D eigenvalue weighted by molar-refractivity contribution is 5.16. The van der Waals surface area contributed by atoms with Crippen molar-refractivity contribution in [1.29, 1.82) is 5.26 Å². The van der Waals surface area contributed by atoms with Gasteiger partial charge in [-0.25, -0.2) is 4.39 Å². The molecule has 1 aliphatic carbocycles. The van der Waals surface area contributed by atoms with Gasteiger partial charge in [0, 0.05) is 6.08 Å². The number of benzene rings is 1. The molecule has 1 aliphatic rings. The molecule has 21 heavy (non-hydrogen) atoms. The Bertz CT molecular complexity index is 475. The minimum absolute atomic E-state index is 0.148. The zero-order valence-electron chi connectivity index (χ0n) is 12.6. The predicted octanol–water partition coefficient (Wildman–Crippen LogP) is 5.42. The van der Waals surface area contributed by atoms with Crippen molar-refractivity contribution in [1.82, 2.24) is 0 Å². The first-order valence-corrected chi connectivity index (χ1v) is 8.07. The highest BCUT2D eigenvalue weighted by atomic mass is 19.1. The fraction of sp³-hybridized carbons (Fsp3) is 0.526. The third kappa shape index (κ3) is 5.71. The van der Waals surface area contributed by atoms with Crippen molar-refractivity contribution < 1.29 is 4.39 Å². The lowest BCUT2D eigenvalue weighted by atomic mass is 9.78. The fourth-order valence-corrected chi connectivity index (χ4v) is 3.30. The molecule has 0 bridgehead atoms. The van der Waals surface area contributed by atoms with E-state index in [0.29, 0.717) is 0 Å². The predicted molar refractivity (Wildman–Crippen MR) is 84.2 cm³/mol. The molecule has 112 valence electrons. The molecule has 0 atom stereocenters. The lowest BCUT2D eigenvalue weighted by molar-refractivity contribution is 0.254. The summed E-state index contributed by atoms with van der Waals surface area (Å²) in [6.07, 6.45) is 13.5. The zero-order chi connectivity index (χ0) is 14.9. The second kappa shape index (κ2) is 8.62. The molecular formula is C19H24FN. The third-order valence-corrected chi connectivity index (χ3v) is 4.65. The van der Waals surface area contributed by atoms with E-state index in [0.717, 1.165) is 24.7 Å². The van der Waals surface area contributed by atoms with Gasteiger partial charge in [-0.15, -0.1) is 0 Å². The van der Waals surface area contributed by atoms with Crippen LogP contribution < -0.4 is 0 Å².